The second-order valence-electron chi connectivity index (χ2n) is 10.4. The smallest absolute Gasteiger partial charge is 0.238 e. The minimum absolute atomic E-state index is 0.0975. The Bertz CT molecular complexity index is 922. The van der Waals surface area contributed by atoms with Gasteiger partial charge in [-0.2, -0.15) is 0 Å². The summed E-state index contributed by atoms with van der Waals surface area (Å²) in [5.41, 5.74) is 2.16. The van der Waals surface area contributed by atoms with Crippen molar-refractivity contribution in [3.8, 4) is 0 Å². The maximum atomic E-state index is 12.7. The van der Waals surface area contributed by atoms with E-state index in [0.717, 1.165) is 70.4 Å². The molecule has 3 saturated heterocycles. The van der Waals surface area contributed by atoms with Gasteiger partial charge in [0, 0.05) is 69.9 Å². The first-order valence-electron chi connectivity index (χ1n) is 13.5. The Morgan fingerprint density at radius 3 is 2.37 bits per heavy atom. The van der Waals surface area contributed by atoms with Crippen LogP contribution in [-0.2, 0) is 4.79 Å². The number of piperazine rings is 1. The maximum absolute atomic E-state index is 12.7. The van der Waals surface area contributed by atoms with Crippen molar-refractivity contribution >= 4 is 23.1 Å². The minimum atomic E-state index is 0.0975. The summed E-state index contributed by atoms with van der Waals surface area (Å²) >= 11 is 0. The van der Waals surface area contributed by atoms with Gasteiger partial charge < -0.3 is 15.1 Å². The minimum Gasteiger partial charge on any atom is -0.372 e. The van der Waals surface area contributed by atoms with E-state index >= 15 is 0 Å². The molecule has 1 unspecified atom stereocenters. The van der Waals surface area contributed by atoms with Crippen LogP contribution in [0.25, 0.3) is 0 Å². The van der Waals surface area contributed by atoms with Crippen molar-refractivity contribution in [3.05, 3.63) is 48.7 Å². The zero-order chi connectivity index (χ0) is 23.9. The molecule has 35 heavy (non-hydrogen) atoms. The lowest BCUT2D eigenvalue weighted by Crippen LogP contribution is -2.50. The Hall–Kier alpha value is -2.64. The van der Waals surface area contributed by atoms with Crippen LogP contribution in [0.3, 0.4) is 0 Å². The van der Waals surface area contributed by atoms with Crippen molar-refractivity contribution in [2.75, 3.05) is 80.6 Å². The van der Waals surface area contributed by atoms with E-state index in [4.69, 9.17) is 0 Å². The van der Waals surface area contributed by atoms with Crippen LogP contribution < -0.4 is 15.1 Å². The number of pyridine rings is 1. The van der Waals surface area contributed by atoms with Crippen molar-refractivity contribution in [2.24, 2.45) is 5.92 Å². The van der Waals surface area contributed by atoms with Crippen LogP contribution in [0.4, 0.5) is 17.2 Å². The van der Waals surface area contributed by atoms with E-state index in [1.807, 2.05) is 24.4 Å². The number of benzene rings is 1. The third kappa shape index (κ3) is 6.73. The summed E-state index contributed by atoms with van der Waals surface area (Å²) in [6.45, 7) is 10.2. The van der Waals surface area contributed by atoms with Gasteiger partial charge in [-0.15, -0.1) is 0 Å². The number of aromatic nitrogens is 1. The van der Waals surface area contributed by atoms with Gasteiger partial charge in [-0.25, -0.2) is 4.98 Å². The molecular formula is C28H40N6O. The van der Waals surface area contributed by atoms with Crippen molar-refractivity contribution in [3.63, 3.8) is 0 Å². The van der Waals surface area contributed by atoms with Gasteiger partial charge in [0.15, 0.2) is 0 Å². The highest BCUT2D eigenvalue weighted by atomic mass is 16.2. The SMILES string of the molecule is O=C(CN1CCCC(CN2CCN(c3ccccn3)CC2)C1)Nc1ccc(N2CCCCC2)cc1. The highest BCUT2D eigenvalue weighted by Crippen LogP contribution is 2.23. The molecule has 4 heterocycles. The van der Waals surface area contributed by atoms with Gasteiger partial charge in [-0.3, -0.25) is 14.6 Å². The molecule has 1 aromatic carbocycles. The van der Waals surface area contributed by atoms with E-state index in [-0.39, 0.29) is 5.91 Å². The molecule has 2 aromatic rings. The van der Waals surface area contributed by atoms with Gasteiger partial charge in [-0.1, -0.05) is 6.07 Å². The van der Waals surface area contributed by atoms with E-state index in [9.17, 15) is 4.79 Å². The number of nitrogens with one attached hydrogen (secondary N) is 1. The van der Waals surface area contributed by atoms with Gasteiger partial charge in [0.25, 0.3) is 0 Å². The lowest BCUT2D eigenvalue weighted by Gasteiger charge is -2.39. The van der Waals surface area contributed by atoms with E-state index in [0.29, 0.717) is 12.5 Å². The lowest BCUT2D eigenvalue weighted by molar-refractivity contribution is -0.117. The zero-order valence-electron chi connectivity index (χ0n) is 20.9. The average Bonchev–Trinajstić information content (AvgIpc) is 2.91. The Morgan fingerprint density at radius 1 is 0.829 bits per heavy atom. The molecule has 0 radical (unpaired) electrons. The van der Waals surface area contributed by atoms with Crippen molar-refractivity contribution in [2.45, 2.75) is 32.1 Å². The summed E-state index contributed by atoms with van der Waals surface area (Å²) < 4.78 is 0. The summed E-state index contributed by atoms with van der Waals surface area (Å²) in [6.07, 6.45) is 8.20. The average molecular weight is 477 g/mol. The highest BCUT2D eigenvalue weighted by Gasteiger charge is 2.25. The predicted octanol–water partition coefficient (Wildman–Crippen LogP) is 3.54. The van der Waals surface area contributed by atoms with E-state index in [2.05, 4.69) is 54.2 Å². The van der Waals surface area contributed by atoms with Crippen LogP contribution in [0.15, 0.2) is 48.7 Å². The first-order chi connectivity index (χ1) is 17.2. The molecule has 1 N–H and O–H groups in total. The molecule has 5 rings (SSSR count). The summed E-state index contributed by atoms with van der Waals surface area (Å²) in [5, 5.41) is 3.12. The van der Waals surface area contributed by atoms with Gasteiger partial charge in [-0.05, 0) is 81.0 Å². The molecule has 3 aliphatic rings. The Kier molecular flexibility index (Phi) is 8.16. The number of likely N-dealkylation sites (tertiary alicyclic amines) is 1. The number of rotatable bonds is 7. The Balaban J connectivity index is 1.04. The summed E-state index contributed by atoms with van der Waals surface area (Å²) in [5.74, 6) is 1.82. The first kappa shape index (κ1) is 24.1. The third-order valence-corrected chi connectivity index (χ3v) is 7.70. The number of nitrogens with zero attached hydrogens (tertiary/aromatic N) is 5. The molecule has 0 saturated carbocycles. The Morgan fingerprint density at radius 2 is 1.63 bits per heavy atom. The summed E-state index contributed by atoms with van der Waals surface area (Å²) in [7, 11) is 0. The second-order valence-corrected chi connectivity index (χ2v) is 10.4. The lowest BCUT2D eigenvalue weighted by atomic mass is 9.97. The van der Waals surface area contributed by atoms with Crippen LogP contribution in [0.5, 0.6) is 0 Å². The van der Waals surface area contributed by atoms with Gasteiger partial charge in [0.1, 0.15) is 5.82 Å². The molecule has 0 bridgehead atoms. The van der Waals surface area contributed by atoms with E-state index < -0.39 is 0 Å². The fraction of sp³-hybridized carbons (Fsp3) is 0.571. The number of anilines is 3. The van der Waals surface area contributed by atoms with Crippen molar-refractivity contribution in [1.82, 2.24) is 14.8 Å². The molecule has 188 valence electrons. The largest absolute Gasteiger partial charge is 0.372 e. The zero-order valence-corrected chi connectivity index (χ0v) is 20.9. The molecule has 1 amide bonds. The number of carbonyl (C=O) groups is 1. The monoisotopic (exact) mass is 476 g/mol. The normalized spacial score (nSPS) is 22.2. The predicted molar refractivity (Wildman–Crippen MR) is 143 cm³/mol. The number of hydrogen-bond donors (Lipinski definition) is 1. The van der Waals surface area contributed by atoms with Crippen LogP contribution in [0.1, 0.15) is 32.1 Å². The van der Waals surface area contributed by atoms with Crippen LogP contribution in [0.2, 0.25) is 0 Å². The molecule has 1 aromatic heterocycles. The van der Waals surface area contributed by atoms with Crippen LogP contribution in [0, 0.1) is 5.92 Å². The van der Waals surface area contributed by atoms with Gasteiger partial charge >= 0.3 is 0 Å². The summed E-state index contributed by atoms with van der Waals surface area (Å²) in [6, 6.07) is 14.5. The maximum Gasteiger partial charge on any atom is 0.238 e. The molecule has 3 fully saturated rings. The third-order valence-electron chi connectivity index (χ3n) is 7.70. The number of carbonyl (C=O) groups excluding carboxylic acids is 1. The fourth-order valence-corrected chi connectivity index (χ4v) is 5.82. The molecule has 7 heteroatoms. The molecule has 7 nitrogen and oxygen atoms in total. The Labute approximate surface area is 210 Å². The van der Waals surface area contributed by atoms with Gasteiger partial charge in [0.05, 0.1) is 6.54 Å². The molecular weight excluding hydrogens is 436 g/mol. The second kappa shape index (κ2) is 11.9. The highest BCUT2D eigenvalue weighted by molar-refractivity contribution is 5.92. The summed E-state index contributed by atoms with van der Waals surface area (Å²) in [4.78, 5) is 27.0. The van der Waals surface area contributed by atoms with Crippen molar-refractivity contribution < 1.29 is 4.79 Å². The molecule has 0 aliphatic carbocycles. The number of amides is 1. The van der Waals surface area contributed by atoms with E-state index in [1.54, 1.807) is 0 Å². The van der Waals surface area contributed by atoms with Crippen LogP contribution in [-0.4, -0.2) is 86.1 Å². The van der Waals surface area contributed by atoms with Crippen molar-refractivity contribution in [1.29, 1.82) is 0 Å². The molecule has 1 atom stereocenters. The molecule has 0 spiro atoms. The standard InChI is InChI=1S/C28H40N6O/c35-28(30-25-9-11-26(12-10-25)33-15-4-1-5-16-33)23-32-14-6-7-24(22-32)21-31-17-19-34(20-18-31)27-8-2-3-13-29-27/h2-3,8-13,24H,1,4-7,14-23H2,(H,30,35). The van der Waals surface area contributed by atoms with Gasteiger partial charge in [0.2, 0.25) is 5.91 Å². The fourth-order valence-electron chi connectivity index (χ4n) is 5.82. The first-order valence-corrected chi connectivity index (χ1v) is 13.5. The van der Waals surface area contributed by atoms with E-state index in [1.165, 1.54) is 37.8 Å². The molecule has 3 aliphatic heterocycles. The number of hydrogen-bond acceptors (Lipinski definition) is 6. The van der Waals surface area contributed by atoms with Crippen LogP contribution >= 0.6 is 0 Å². The quantitative estimate of drug-likeness (QED) is 0.660. The number of piperidine rings is 2. The topological polar surface area (TPSA) is 55.0 Å².